The predicted molar refractivity (Wildman–Crippen MR) is 93.6 cm³/mol. The molecule has 1 aromatic rings. The van der Waals surface area contributed by atoms with E-state index < -0.39 is 23.9 Å². The second kappa shape index (κ2) is 6.59. The molecule has 138 valence electrons. The van der Waals surface area contributed by atoms with Gasteiger partial charge >= 0.3 is 6.09 Å². The van der Waals surface area contributed by atoms with Crippen LogP contribution in [0.3, 0.4) is 0 Å². The van der Waals surface area contributed by atoms with Crippen LogP contribution in [0.25, 0.3) is 0 Å². The molecule has 2 fully saturated rings. The van der Waals surface area contributed by atoms with E-state index in [-0.39, 0.29) is 12.1 Å². The van der Waals surface area contributed by atoms with Crippen LogP contribution in [0.2, 0.25) is 5.15 Å². The number of hydrogen-bond acceptors (Lipinski definition) is 5. The molecule has 2 bridgehead atoms. The van der Waals surface area contributed by atoms with Gasteiger partial charge in [-0.15, -0.1) is 0 Å². The number of ether oxygens (including phenoxy) is 1. The van der Waals surface area contributed by atoms with Gasteiger partial charge in [-0.2, -0.15) is 0 Å². The fourth-order valence-electron chi connectivity index (χ4n) is 3.75. The third kappa shape index (κ3) is 3.66. The lowest BCUT2D eigenvalue weighted by Crippen LogP contribution is -2.59. The molecule has 1 aromatic heterocycles. The number of anilines is 1. The van der Waals surface area contributed by atoms with Gasteiger partial charge in [-0.1, -0.05) is 11.6 Å². The molecule has 6 nitrogen and oxygen atoms in total. The van der Waals surface area contributed by atoms with E-state index >= 15 is 4.39 Å². The number of fused-ring (bicyclic) bond motifs is 2. The fraction of sp³-hybridized carbons (Fsp3) is 0.706. The topological polar surface area (TPSA) is 58.6 Å². The van der Waals surface area contributed by atoms with Gasteiger partial charge in [-0.3, -0.25) is 4.90 Å². The van der Waals surface area contributed by atoms with Gasteiger partial charge in [0.25, 0.3) is 0 Å². The van der Waals surface area contributed by atoms with Crippen molar-refractivity contribution in [2.75, 3.05) is 11.9 Å². The van der Waals surface area contributed by atoms with Crippen molar-refractivity contribution in [1.29, 1.82) is 0 Å². The van der Waals surface area contributed by atoms with Crippen LogP contribution < -0.4 is 4.90 Å². The minimum absolute atomic E-state index is 0.0143. The molecule has 3 heterocycles. The van der Waals surface area contributed by atoms with Gasteiger partial charge < -0.3 is 9.64 Å². The van der Waals surface area contributed by atoms with Crippen molar-refractivity contribution in [2.24, 2.45) is 0 Å². The molecule has 0 saturated carbocycles. The highest BCUT2D eigenvalue weighted by Crippen LogP contribution is 2.40. The van der Waals surface area contributed by atoms with Crippen molar-refractivity contribution in [3.05, 3.63) is 17.5 Å². The van der Waals surface area contributed by atoms with E-state index in [1.54, 1.807) is 16.8 Å². The Morgan fingerprint density at radius 3 is 2.68 bits per heavy atom. The van der Waals surface area contributed by atoms with Crippen LogP contribution in [0, 0.1) is 0 Å². The maximum absolute atomic E-state index is 15.2. The Morgan fingerprint density at radius 2 is 2.08 bits per heavy atom. The Bertz CT molecular complexity index is 637. The standard InChI is InChI=1S/C17H24ClFN4O2/c1-17(2,3)25-16(24)23-10-5-6-11(23)15(19)12(7-10)22(4)14-9-20-13(18)8-21-14/h8-12,15H,5-7H2,1-4H3/t10?,11?,12-,15+/m1/s1. The van der Waals surface area contributed by atoms with Gasteiger partial charge in [0.1, 0.15) is 22.7 Å². The van der Waals surface area contributed by atoms with Gasteiger partial charge in [-0.25, -0.2) is 19.2 Å². The minimum Gasteiger partial charge on any atom is -0.444 e. The van der Waals surface area contributed by atoms with Gasteiger partial charge in [0.15, 0.2) is 0 Å². The van der Waals surface area contributed by atoms with Crippen molar-refractivity contribution in [3.8, 4) is 0 Å². The van der Waals surface area contributed by atoms with Gasteiger partial charge in [-0.05, 0) is 40.0 Å². The molecule has 2 unspecified atom stereocenters. The molecule has 0 aromatic carbocycles. The van der Waals surface area contributed by atoms with Crippen LogP contribution in [0.1, 0.15) is 40.0 Å². The number of rotatable bonds is 2. The summed E-state index contributed by atoms with van der Waals surface area (Å²) >= 11 is 5.77. The van der Waals surface area contributed by atoms with Crippen molar-refractivity contribution >= 4 is 23.5 Å². The third-order valence-corrected chi connectivity index (χ3v) is 5.06. The zero-order valence-corrected chi connectivity index (χ0v) is 15.7. The number of alkyl halides is 1. The van der Waals surface area contributed by atoms with Gasteiger partial charge in [0, 0.05) is 13.1 Å². The van der Waals surface area contributed by atoms with Crippen molar-refractivity contribution < 1.29 is 13.9 Å². The third-order valence-electron chi connectivity index (χ3n) is 4.86. The summed E-state index contributed by atoms with van der Waals surface area (Å²) < 4.78 is 20.7. The van der Waals surface area contributed by atoms with E-state index in [1.165, 1.54) is 12.4 Å². The second-order valence-corrected chi connectivity index (χ2v) is 8.13. The monoisotopic (exact) mass is 370 g/mol. The highest BCUT2D eigenvalue weighted by molar-refractivity contribution is 6.29. The molecular weight excluding hydrogens is 347 g/mol. The first kappa shape index (κ1) is 18.2. The fourth-order valence-corrected chi connectivity index (χ4v) is 3.85. The summed E-state index contributed by atoms with van der Waals surface area (Å²) in [5, 5.41) is 0.300. The number of carbonyl (C=O) groups is 1. The maximum atomic E-state index is 15.2. The summed E-state index contributed by atoms with van der Waals surface area (Å²) in [7, 11) is 1.80. The van der Waals surface area contributed by atoms with Crippen LogP contribution in [0.4, 0.5) is 15.0 Å². The molecule has 2 aliphatic rings. The van der Waals surface area contributed by atoms with E-state index in [1.807, 2.05) is 20.8 Å². The van der Waals surface area contributed by atoms with E-state index in [4.69, 9.17) is 16.3 Å². The molecule has 4 atom stereocenters. The van der Waals surface area contributed by atoms with E-state index in [0.717, 1.165) is 6.42 Å². The van der Waals surface area contributed by atoms with Crippen LogP contribution in [-0.4, -0.2) is 57.9 Å². The number of carbonyl (C=O) groups excluding carboxylic acids is 1. The van der Waals surface area contributed by atoms with E-state index in [2.05, 4.69) is 9.97 Å². The van der Waals surface area contributed by atoms with E-state index in [9.17, 15) is 4.79 Å². The molecule has 2 aliphatic heterocycles. The molecule has 2 saturated heterocycles. The first-order valence-corrected chi connectivity index (χ1v) is 8.91. The zero-order valence-electron chi connectivity index (χ0n) is 14.9. The van der Waals surface area contributed by atoms with Crippen molar-refractivity contribution in [2.45, 2.75) is 69.9 Å². The molecule has 0 aliphatic carbocycles. The number of halogens is 2. The average molecular weight is 371 g/mol. The number of piperidine rings is 1. The zero-order chi connectivity index (χ0) is 18.4. The Balaban J connectivity index is 1.76. The molecule has 3 rings (SSSR count). The highest BCUT2D eigenvalue weighted by Gasteiger charge is 2.52. The average Bonchev–Trinajstić information content (AvgIpc) is 2.87. The van der Waals surface area contributed by atoms with Gasteiger partial charge in [0.05, 0.1) is 24.5 Å². The SMILES string of the molecule is CN(c1cnc(Cl)cn1)[C@@H]1CC2CCC([C@@H]1F)N2C(=O)OC(C)(C)C. The molecule has 25 heavy (non-hydrogen) atoms. The summed E-state index contributed by atoms with van der Waals surface area (Å²) in [5.74, 6) is 0.571. The summed E-state index contributed by atoms with van der Waals surface area (Å²) in [6.45, 7) is 5.46. The first-order valence-electron chi connectivity index (χ1n) is 8.53. The number of nitrogens with zero attached hydrogens (tertiary/aromatic N) is 4. The van der Waals surface area contributed by atoms with Crippen LogP contribution >= 0.6 is 11.6 Å². The summed E-state index contributed by atoms with van der Waals surface area (Å²) in [4.78, 5) is 24.1. The molecular formula is C17H24ClFN4O2. The van der Waals surface area contributed by atoms with Crippen LogP contribution in [-0.2, 0) is 4.74 Å². The van der Waals surface area contributed by atoms with Crippen LogP contribution in [0.5, 0.6) is 0 Å². The second-order valence-electron chi connectivity index (χ2n) is 7.74. The van der Waals surface area contributed by atoms with Crippen LogP contribution in [0.15, 0.2) is 12.4 Å². The van der Waals surface area contributed by atoms with Crippen molar-refractivity contribution in [3.63, 3.8) is 0 Å². The normalized spacial score (nSPS) is 28.8. The largest absolute Gasteiger partial charge is 0.444 e. The Labute approximate surface area is 152 Å². The molecule has 0 N–H and O–H groups in total. The Kier molecular flexibility index (Phi) is 4.79. The summed E-state index contributed by atoms with van der Waals surface area (Å²) in [5.41, 5.74) is -0.588. The lowest BCUT2D eigenvalue weighted by molar-refractivity contribution is -0.0103. The maximum Gasteiger partial charge on any atom is 0.410 e. The molecule has 0 spiro atoms. The Morgan fingerprint density at radius 1 is 1.36 bits per heavy atom. The quantitative estimate of drug-likeness (QED) is 0.798. The Hall–Kier alpha value is -1.63. The summed E-state index contributed by atoms with van der Waals surface area (Å²) in [6, 6.07) is -0.826. The molecule has 1 amide bonds. The van der Waals surface area contributed by atoms with E-state index in [0.29, 0.717) is 23.8 Å². The van der Waals surface area contributed by atoms with Gasteiger partial charge in [0.2, 0.25) is 0 Å². The first-order chi connectivity index (χ1) is 11.7. The minimum atomic E-state index is -1.17. The molecule has 8 heteroatoms. The predicted octanol–water partition coefficient (Wildman–Crippen LogP) is 3.44. The smallest absolute Gasteiger partial charge is 0.410 e. The lowest BCUT2D eigenvalue weighted by Gasteiger charge is -2.44. The van der Waals surface area contributed by atoms with Crippen molar-refractivity contribution in [1.82, 2.24) is 14.9 Å². The lowest BCUT2D eigenvalue weighted by atomic mass is 9.94. The number of amides is 1. The molecule has 0 radical (unpaired) electrons. The number of aromatic nitrogens is 2. The summed E-state index contributed by atoms with van der Waals surface area (Å²) in [6.07, 6.45) is 3.38. The highest BCUT2D eigenvalue weighted by atomic mass is 35.5. The number of hydrogen-bond donors (Lipinski definition) is 0.